The van der Waals surface area contributed by atoms with Crippen molar-refractivity contribution in [3.05, 3.63) is 47.6 Å². The van der Waals surface area contributed by atoms with E-state index in [0.29, 0.717) is 17.3 Å². The Morgan fingerprint density at radius 1 is 1.24 bits per heavy atom. The fraction of sp³-hybridized carbons (Fsp3) is 0.480. The first-order valence-corrected chi connectivity index (χ1v) is 11.8. The van der Waals surface area contributed by atoms with Gasteiger partial charge in [0.05, 0.1) is 17.6 Å². The maximum atomic E-state index is 15.3. The van der Waals surface area contributed by atoms with Gasteiger partial charge < -0.3 is 15.4 Å². The van der Waals surface area contributed by atoms with E-state index in [1.165, 1.54) is 12.4 Å². The third-order valence-electron chi connectivity index (χ3n) is 5.74. The fourth-order valence-electron chi connectivity index (χ4n) is 4.13. The van der Waals surface area contributed by atoms with Gasteiger partial charge in [0.1, 0.15) is 23.6 Å². The van der Waals surface area contributed by atoms with Crippen molar-refractivity contribution in [3.8, 4) is 11.4 Å². The number of carbonyl (C=O) groups excluding carboxylic acids is 1. The van der Waals surface area contributed by atoms with Gasteiger partial charge in [-0.3, -0.25) is 4.99 Å². The summed E-state index contributed by atoms with van der Waals surface area (Å²) in [4.78, 5) is 29.7. The quantitative estimate of drug-likeness (QED) is 0.606. The second-order valence-corrected chi connectivity index (χ2v) is 9.58. The van der Waals surface area contributed by atoms with Gasteiger partial charge in [-0.2, -0.15) is 4.98 Å². The van der Waals surface area contributed by atoms with Crippen molar-refractivity contribution in [2.24, 2.45) is 4.99 Å². The average Bonchev–Trinajstić information content (AvgIpc) is 3.14. The van der Waals surface area contributed by atoms with Gasteiger partial charge in [0, 0.05) is 0 Å². The van der Waals surface area contributed by atoms with Crippen molar-refractivity contribution < 1.29 is 13.9 Å². The molecule has 1 amide bonds. The summed E-state index contributed by atoms with van der Waals surface area (Å²) in [5.74, 6) is 0.776. The van der Waals surface area contributed by atoms with Gasteiger partial charge >= 0.3 is 6.09 Å². The highest BCUT2D eigenvalue weighted by atomic mass is 19.1. The highest BCUT2D eigenvalue weighted by molar-refractivity contribution is 6.04. The van der Waals surface area contributed by atoms with Crippen LogP contribution < -0.4 is 10.6 Å². The van der Waals surface area contributed by atoms with E-state index in [0.717, 1.165) is 43.2 Å². The predicted molar refractivity (Wildman–Crippen MR) is 129 cm³/mol. The molecule has 0 saturated heterocycles. The molecule has 1 aliphatic heterocycles. The number of hydrogen-bond acceptors (Lipinski definition) is 7. The van der Waals surface area contributed by atoms with Crippen LogP contribution in [0.2, 0.25) is 0 Å². The number of rotatable bonds is 4. The Hall–Kier alpha value is -3.36. The van der Waals surface area contributed by atoms with Crippen LogP contribution in [0.15, 0.2) is 35.6 Å². The molecule has 1 aromatic carbocycles. The number of ether oxygens (including phenoxy) is 1. The first kappa shape index (κ1) is 23.8. The number of nitrogens with one attached hydrogen (secondary N) is 2. The monoisotopic (exact) mass is 466 g/mol. The molecule has 0 saturated carbocycles. The Balaban J connectivity index is 1.59. The molecule has 8 nitrogen and oxygen atoms in total. The number of aromatic nitrogens is 3. The first-order valence-electron chi connectivity index (χ1n) is 11.8. The third kappa shape index (κ3) is 5.76. The molecule has 1 aliphatic carbocycles. The molecule has 2 N–H and O–H groups in total. The maximum absolute atomic E-state index is 15.3. The number of amides is 1. The number of aryl methyl sites for hydroxylation is 1. The van der Waals surface area contributed by atoms with Crippen molar-refractivity contribution in [2.75, 3.05) is 5.32 Å². The lowest BCUT2D eigenvalue weighted by atomic mass is 9.96. The molecule has 0 spiro atoms. The van der Waals surface area contributed by atoms with Gasteiger partial charge in [-0.25, -0.2) is 19.2 Å². The molecule has 1 aromatic heterocycles. The molecular formula is C25H31FN6O2. The number of fused-ring (bicyclic) bond motifs is 1. The molecule has 2 unspecified atom stereocenters. The van der Waals surface area contributed by atoms with Crippen LogP contribution in [0.5, 0.6) is 0 Å². The van der Waals surface area contributed by atoms with E-state index in [1.807, 2.05) is 32.9 Å². The van der Waals surface area contributed by atoms with Crippen LogP contribution in [0.25, 0.3) is 11.4 Å². The molecule has 0 bridgehead atoms. The summed E-state index contributed by atoms with van der Waals surface area (Å²) in [7, 11) is 0. The van der Waals surface area contributed by atoms with Crippen molar-refractivity contribution >= 4 is 17.9 Å². The lowest BCUT2D eigenvalue weighted by Crippen LogP contribution is -2.35. The Morgan fingerprint density at radius 3 is 2.79 bits per heavy atom. The summed E-state index contributed by atoms with van der Waals surface area (Å²) in [5.41, 5.74) is 1.44. The van der Waals surface area contributed by atoms with E-state index in [2.05, 4.69) is 37.5 Å². The lowest BCUT2D eigenvalue weighted by Gasteiger charge is -2.24. The normalized spacial score (nSPS) is 19.7. The molecule has 0 radical (unpaired) electrons. The van der Waals surface area contributed by atoms with Gasteiger partial charge in [0.15, 0.2) is 5.82 Å². The van der Waals surface area contributed by atoms with E-state index in [9.17, 15) is 4.79 Å². The van der Waals surface area contributed by atoms with Gasteiger partial charge in [-0.05, 0) is 75.8 Å². The molecule has 4 rings (SSSR count). The minimum atomic E-state index is -0.603. The van der Waals surface area contributed by atoms with Gasteiger partial charge in [0.2, 0.25) is 5.95 Å². The van der Waals surface area contributed by atoms with Crippen LogP contribution >= 0.6 is 0 Å². The molecule has 2 aliphatic rings. The zero-order chi connectivity index (χ0) is 24.3. The van der Waals surface area contributed by atoms with Crippen molar-refractivity contribution in [2.45, 2.75) is 77.5 Å². The van der Waals surface area contributed by atoms with Crippen LogP contribution in [0.3, 0.4) is 0 Å². The van der Waals surface area contributed by atoms with Crippen molar-refractivity contribution in [1.29, 1.82) is 0 Å². The van der Waals surface area contributed by atoms with Crippen molar-refractivity contribution in [3.63, 3.8) is 0 Å². The van der Waals surface area contributed by atoms with E-state index in [-0.39, 0.29) is 17.9 Å². The molecule has 180 valence electrons. The van der Waals surface area contributed by atoms with E-state index < -0.39 is 17.5 Å². The Labute approximate surface area is 199 Å². The third-order valence-corrected chi connectivity index (χ3v) is 5.74. The number of benzene rings is 1. The summed E-state index contributed by atoms with van der Waals surface area (Å²) in [6.07, 6.45) is 9.03. The molecule has 2 atom stereocenters. The number of amidine groups is 1. The van der Waals surface area contributed by atoms with Crippen LogP contribution in [0, 0.1) is 5.82 Å². The average molecular weight is 467 g/mol. The maximum Gasteiger partial charge on any atom is 0.408 e. The van der Waals surface area contributed by atoms with Crippen LogP contribution in [0.4, 0.5) is 15.1 Å². The van der Waals surface area contributed by atoms with Crippen molar-refractivity contribution in [1.82, 2.24) is 20.3 Å². The smallest absolute Gasteiger partial charge is 0.408 e. The summed E-state index contributed by atoms with van der Waals surface area (Å²) in [6, 6.07) is 3.11. The minimum Gasteiger partial charge on any atom is -0.444 e. The molecule has 0 fully saturated rings. The Kier molecular flexibility index (Phi) is 6.90. The Morgan fingerprint density at radius 2 is 2.06 bits per heavy atom. The number of aliphatic imine (C=N–C) groups is 1. The molecular weight excluding hydrogens is 435 g/mol. The number of carbonyl (C=O) groups is 1. The zero-order valence-corrected chi connectivity index (χ0v) is 20.1. The lowest BCUT2D eigenvalue weighted by molar-refractivity contribution is 0.0500. The van der Waals surface area contributed by atoms with Crippen LogP contribution in [0.1, 0.15) is 70.5 Å². The standard InChI is InChI=1S/C25H31FN6O2/c1-5-16-10-11-21(29-16)31-23-28-14-27-22(32-23)18-12-15-8-6-7-9-20(17(15)13-19(18)26)30-24(33)34-25(2,3)4/h10-14,16,20H,5-9H2,1-4H3,(H,30,33)(H,27,28,29,31,32). The second-order valence-electron chi connectivity index (χ2n) is 9.58. The summed E-state index contributed by atoms with van der Waals surface area (Å²) < 4.78 is 20.7. The number of hydrogen-bond donors (Lipinski definition) is 2. The molecule has 2 aromatic rings. The number of alkyl carbamates (subject to hydrolysis) is 1. The second kappa shape index (κ2) is 9.87. The largest absolute Gasteiger partial charge is 0.444 e. The van der Waals surface area contributed by atoms with Gasteiger partial charge in [-0.1, -0.05) is 19.4 Å². The minimum absolute atomic E-state index is 0.146. The molecule has 2 heterocycles. The summed E-state index contributed by atoms with van der Waals surface area (Å²) >= 11 is 0. The topological polar surface area (TPSA) is 101 Å². The molecule has 9 heteroatoms. The highest BCUT2D eigenvalue weighted by Gasteiger charge is 2.26. The predicted octanol–water partition coefficient (Wildman–Crippen LogP) is 5.13. The number of nitrogens with zero attached hydrogens (tertiary/aromatic N) is 4. The van der Waals surface area contributed by atoms with Crippen LogP contribution in [-0.4, -0.2) is 38.5 Å². The van der Waals surface area contributed by atoms with E-state index in [1.54, 1.807) is 6.07 Å². The summed E-state index contributed by atoms with van der Waals surface area (Å²) in [5, 5.41) is 5.99. The fourth-order valence-corrected chi connectivity index (χ4v) is 4.13. The SMILES string of the molecule is CCC1C=CC(Nc2ncnc(-c3cc4c(cc3F)C(NC(=O)OC(C)(C)C)CCCC4)n2)=N1. The highest BCUT2D eigenvalue weighted by Crippen LogP contribution is 2.33. The number of halogens is 1. The zero-order valence-electron chi connectivity index (χ0n) is 20.1. The van der Waals surface area contributed by atoms with Crippen LogP contribution in [-0.2, 0) is 11.2 Å². The first-order chi connectivity index (χ1) is 16.2. The van der Waals surface area contributed by atoms with E-state index >= 15 is 4.39 Å². The van der Waals surface area contributed by atoms with E-state index in [4.69, 9.17) is 4.74 Å². The number of anilines is 1. The van der Waals surface area contributed by atoms with Gasteiger partial charge in [0.25, 0.3) is 0 Å². The Bertz CT molecular complexity index is 1120. The summed E-state index contributed by atoms with van der Waals surface area (Å²) in [6.45, 7) is 7.51. The van der Waals surface area contributed by atoms with Gasteiger partial charge in [-0.15, -0.1) is 0 Å². The molecule has 34 heavy (non-hydrogen) atoms.